The van der Waals surface area contributed by atoms with E-state index in [1.165, 1.54) is 8.61 Å². The molecule has 2 saturated heterocycles. The summed E-state index contributed by atoms with van der Waals surface area (Å²) >= 11 is 0. The zero-order valence-electron chi connectivity index (χ0n) is 22.1. The van der Waals surface area contributed by atoms with Crippen LogP contribution in [-0.4, -0.2) is 70.7 Å². The Hall–Kier alpha value is -2.47. The van der Waals surface area contributed by atoms with Crippen LogP contribution in [0.15, 0.2) is 52.3 Å². The van der Waals surface area contributed by atoms with Gasteiger partial charge in [0.1, 0.15) is 5.75 Å². The van der Waals surface area contributed by atoms with E-state index in [1.807, 2.05) is 13.8 Å². The summed E-state index contributed by atoms with van der Waals surface area (Å²) in [5, 5.41) is 2.93. The molecule has 0 saturated carbocycles. The fraction of sp³-hybridized carbons (Fsp3) is 0.519. The Balaban J connectivity index is 1.31. The van der Waals surface area contributed by atoms with Crippen LogP contribution >= 0.6 is 0 Å². The van der Waals surface area contributed by atoms with Crippen LogP contribution in [0.3, 0.4) is 0 Å². The number of amides is 1. The summed E-state index contributed by atoms with van der Waals surface area (Å²) in [6.07, 6.45) is 3.57. The molecule has 2 aromatic carbocycles. The molecule has 0 radical (unpaired) electrons. The van der Waals surface area contributed by atoms with Crippen LogP contribution in [0.4, 0.5) is 0 Å². The van der Waals surface area contributed by atoms with Crippen molar-refractivity contribution in [1.82, 2.24) is 13.9 Å². The topological polar surface area (TPSA) is 113 Å². The van der Waals surface area contributed by atoms with Gasteiger partial charge in [0.2, 0.25) is 26.0 Å². The Kier molecular flexibility index (Phi) is 9.12. The second-order valence-corrected chi connectivity index (χ2v) is 13.7. The molecule has 11 heteroatoms. The fourth-order valence-corrected chi connectivity index (χ4v) is 8.13. The number of ether oxygens (including phenoxy) is 1. The highest BCUT2D eigenvalue weighted by atomic mass is 32.2. The normalized spacial score (nSPS) is 19.4. The Morgan fingerprint density at radius 1 is 0.921 bits per heavy atom. The molecule has 1 atom stereocenters. The predicted octanol–water partition coefficient (Wildman–Crippen LogP) is 2.94. The lowest BCUT2D eigenvalue weighted by Gasteiger charge is -2.31. The molecular formula is C27H37N3O6S2. The Morgan fingerprint density at radius 2 is 1.55 bits per heavy atom. The predicted molar refractivity (Wildman–Crippen MR) is 145 cm³/mol. The van der Waals surface area contributed by atoms with Crippen LogP contribution in [0.25, 0.3) is 0 Å². The number of piperidine rings is 1. The lowest BCUT2D eigenvalue weighted by molar-refractivity contribution is -0.126. The highest BCUT2D eigenvalue weighted by molar-refractivity contribution is 7.89. The minimum absolute atomic E-state index is 0.142. The van der Waals surface area contributed by atoms with Crippen LogP contribution in [0.1, 0.15) is 43.7 Å². The number of nitrogens with one attached hydrogen (secondary N) is 1. The van der Waals surface area contributed by atoms with Gasteiger partial charge in [-0.15, -0.1) is 0 Å². The van der Waals surface area contributed by atoms with E-state index in [1.54, 1.807) is 42.5 Å². The molecule has 208 valence electrons. The van der Waals surface area contributed by atoms with E-state index in [0.717, 1.165) is 24.0 Å². The summed E-state index contributed by atoms with van der Waals surface area (Å²) in [4.78, 5) is 13.4. The Morgan fingerprint density at radius 3 is 2.21 bits per heavy atom. The second kappa shape index (κ2) is 12.1. The van der Waals surface area contributed by atoms with Crippen LogP contribution in [0.5, 0.6) is 5.75 Å². The molecule has 0 aliphatic carbocycles. The molecule has 0 aromatic heterocycles. The van der Waals surface area contributed by atoms with Crippen molar-refractivity contribution < 1.29 is 26.4 Å². The fourth-order valence-electron chi connectivity index (χ4n) is 5.00. The molecule has 2 aromatic rings. The lowest BCUT2D eigenvalue weighted by Crippen LogP contribution is -2.45. The van der Waals surface area contributed by atoms with E-state index >= 15 is 0 Å². The zero-order chi connectivity index (χ0) is 27.3. The van der Waals surface area contributed by atoms with Gasteiger partial charge in [0.05, 0.1) is 22.3 Å². The van der Waals surface area contributed by atoms with Crippen molar-refractivity contribution in [2.75, 3.05) is 39.3 Å². The van der Waals surface area contributed by atoms with Gasteiger partial charge in [-0.3, -0.25) is 4.79 Å². The maximum Gasteiger partial charge on any atom is 0.243 e. The van der Waals surface area contributed by atoms with Crippen molar-refractivity contribution in [2.24, 2.45) is 5.92 Å². The van der Waals surface area contributed by atoms with Gasteiger partial charge in [0, 0.05) is 32.7 Å². The molecule has 4 rings (SSSR count). The van der Waals surface area contributed by atoms with E-state index in [2.05, 4.69) is 5.32 Å². The average molecular weight is 564 g/mol. The highest BCUT2D eigenvalue weighted by Crippen LogP contribution is 2.27. The second-order valence-electron chi connectivity index (χ2n) is 9.86. The van der Waals surface area contributed by atoms with Gasteiger partial charge in [-0.25, -0.2) is 16.8 Å². The largest absolute Gasteiger partial charge is 0.494 e. The standard InChI is InChI=1S/C27H37N3O6S2/c1-3-36-26-13-12-25(19-21(26)2)38(34,35)30-18-6-7-23(20-30)27(31)28-15-14-22-8-10-24(11-9-22)37(32,33)29-16-4-5-17-29/h8-13,19,23H,3-7,14-18,20H2,1-2H3,(H,28,31)/t23-/m0/s1. The first kappa shape index (κ1) is 28.5. The van der Waals surface area contributed by atoms with E-state index in [-0.39, 0.29) is 17.3 Å². The molecule has 0 bridgehead atoms. The number of rotatable bonds is 10. The summed E-state index contributed by atoms with van der Waals surface area (Å²) in [5.41, 5.74) is 1.67. The van der Waals surface area contributed by atoms with Crippen LogP contribution in [0, 0.1) is 12.8 Å². The smallest absolute Gasteiger partial charge is 0.243 e. The highest BCUT2D eigenvalue weighted by Gasteiger charge is 2.33. The SMILES string of the molecule is CCOc1ccc(S(=O)(=O)N2CCC[C@H](C(=O)NCCc3ccc(S(=O)(=O)N4CCCC4)cc3)C2)cc1C. The minimum atomic E-state index is -3.72. The third-order valence-corrected chi connectivity index (χ3v) is 11.0. The number of hydrogen-bond acceptors (Lipinski definition) is 6. The molecule has 9 nitrogen and oxygen atoms in total. The van der Waals surface area contributed by atoms with Crippen LogP contribution in [0.2, 0.25) is 0 Å². The third kappa shape index (κ3) is 6.39. The molecular weight excluding hydrogens is 526 g/mol. The monoisotopic (exact) mass is 563 g/mol. The number of benzene rings is 2. The van der Waals surface area contributed by atoms with Crippen molar-refractivity contribution >= 4 is 26.0 Å². The van der Waals surface area contributed by atoms with Crippen LogP contribution < -0.4 is 10.1 Å². The average Bonchev–Trinajstić information content (AvgIpc) is 3.46. The summed E-state index contributed by atoms with van der Waals surface area (Å²) in [7, 11) is -7.17. The molecule has 1 N–H and O–H groups in total. The first-order chi connectivity index (χ1) is 18.1. The van der Waals surface area contributed by atoms with Crippen molar-refractivity contribution in [3.8, 4) is 5.75 Å². The lowest BCUT2D eigenvalue weighted by atomic mass is 9.99. The van der Waals surface area contributed by atoms with Gasteiger partial charge in [-0.1, -0.05) is 12.1 Å². The molecule has 2 aliphatic heterocycles. The molecule has 0 spiro atoms. The number of aryl methyl sites for hydroxylation is 1. The Labute approximate surface area is 226 Å². The third-order valence-electron chi connectivity index (χ3n) is 7.18. The summed E-state index contributed by atoms with van der Waals surface area (Å²) in [6, 6.07) is 11.7. The maximum atomic E-state index is 13.3. The first-order valence-electron chi connectivity index (χ1n) is 13.2. The minimum Gasteiger partial charge on any atom is -0.494 e. The number of carbonyl (C=O) groups is 1. The van der Waals surface area contributed by atoms with E-state index < -0.39 is 26.0 Å². The maximum absolute atomic E-state index is 13.3. The van der Waals surface area contributed by atoms with Gasteiger partial charge in [-0.05, 0) is 87.4 Å². The van der Waals surface area contributed by atoms with Gasteiger partial charge >= 0.3 is 0 Å². The number of sulfonamides is 2. The molecule has 1 amide bonds. The number of nitrogens with zero attached hydrogens (tertiary/aromatic N) is 2. The summed E-state index contributed by atoms with van der Waals surface area (Å²) in [5.74, 6) is 0.0708. The van der Waals surface area contributed by atoms with E-state index in [0.29, 0.717) is 62.7 Å². The van der Waals surface area contributed by atoms with E-state index in [9.17, 15) is 21.6 Å². The number of hydrogen-bond donors (Lipinski definition) is 1. The molecule has 0 unspecified atom stereocenters. The zero-order valence-corrected chi connectivity index (χ0v) is 23.7. The van der Waals surface area contributed by atoms with Gasteiger partial charge in [0.25, 0.3) is 0 Å². The number of carbonyl (C=O) groups excluding carboxylic acids is 1. The van der Waals surface area contributed by atoms with Crippen LogP contribution in [-0.2, 0) is 31.3 Å². The summed E-state index contributed by atoms with van der Waals surface area (Å²) in [6.45, 7) is 6.23. The molecule has 2 heterocycles. The van der Waals surface area contributed by atoms with Crippen molar-refractivity contribution in [1.29, 1.82) is 0 Å². The van der Waals surface area contributed by atoms with Gasteiger partial charge in [0.15, 0.2) is 0 Å². The van der Waals surface area contributed by atoms with Crippen molar-refractivity contribution in [3.05, 3.63) is 53.6 Å². The first-order valence-corrected chi connectivity index (χ1v) is 16.1. The molecule has 2 aliphatic rings. The van der Waals surface area contributed by atoms with Gasteiger partial charge < -0.3 is 10.1 Å². The van der Waals surface area contributed by atoms with Crippen molar-refractivity contribution in [2.45, 2.75) is 55.7 Å². The van der Waals surface area contributed by atoms with Gasteiger partial charge in [-0.2, -0.15) is 8.61 Å². The molecule has 38 heavy (non-hydrogen) atoms. The summed E-state index contributed by atoms with van der Waals surface area (Å²) < 4.78 is 60.3. The van der Waals surface area contributed by atoms with Crippen molar-refractivity contribution in [3.63, 3.8) is 0 Å². The Bertz CT molecular complexity index is 1340. The van der Waals surface area contributed by atoms with E-state index in [4.69, 9.17) is 4.74 Å². The molecule has 2 fully saturated rings. The quantitative estimate of drug-likeness (QED) is 0.476.